The van der Waals surface area contributed by atoms with E-state index in [0.29, 0.717) is 25.9 Å². The van der Waals surface area contributed by atoms with Crippen LogP contribution >= 0.6 is 0 Å². The van der Waals surface area contributed by atoms with E-state index in [1.165, 1.54) is 11.9 Å². The van der Waals surface area contributed by atoms with Crippen LogP contribution in [0.15, 0.2) is 17.8 Å². The van der Waals surface area contributed by atoms with Crippen molar-refractivity contribution in [2.45, 2.75) is 32.9 Å². The first kappa shape index (κ1) is 18.5. The topological polar surface area (TPSA) is 81.2 Å². The number of Topliss-reactive ketones (excluding diaryl/α,β-unsaturated/α-hetero) is 1. The van der Waals surface area contributed by atoms with Crippen molar-refractivity contribution < 1.29 is 22.8 Å². The third kappa shape index (κ3) is 2.99. The third-order valence-electron chi connectivity index (χ3n) is 5.19. The quantitative estimate of drug-likeness (QED) is 0.821. The van der Waals surface area contributed by atoms with Crippen LogP contribution in [0.1, 0.15) is 42.9 Å². The van der Waals surface area contributed by atoms with Crippen LogP contribution in [-0.4, -0.2) is 39.5 Å². The first-order valence-corrected chi connectivity index (χ1v) is 8.28. The van der Waals surface area contributed by atoms with Gasteiger partial charge >= 0.3 is 6.18 Å². The second-order valence-electron chi connectivity index (χ2n) is 7.86. The molecule has 3 rings (SSSR count). The van der Waals surface area contributed by atoms with Crippen LogP contribution in [0.5, 0.6) is 0 Å². The fourth-order valence-electron chi connectivity index (χ4n) is 4.10. The smallest absolute Gasteiger partial charge is 0.396 e. The van der Waals surface area contributed by atoms with Crippen LogP contribution in [0.2, 0.25) is 0 Å². The standard InChI is InChI=1S/C17H21F3N4O2/c1-15(2)8-16(7-10(21)13(15)25)4-5-24(9-16)14(26)11-6-12(17(18,19)20)22-23(11)3/h6-7H,4-5,8-9,21H2,1-3H3/t16-/m1/s1. The fourth-order valence-corrected chi connectivity index (χ4v) is 4.10. The number of ketones is 1. The average molecular weight is 370 g/mol. The Morgan fingerprint density at radius 3 is 2.54 bits per heavy atom. The van der Waals surface area contributed by atoms with Crippen LogP contribution in [0.25, 0.3) is 0 Å². The van der Waals surface area contributed by atoms with Gasteiger partial charge in [0.05, 0.1) is 5.70 Å². The van der Waals surface area contributed by atoms with Gasteiger partial charge in [0.25, 0.3) is 5.91 Å². The van der Waals surface area contributed by atoms with Gasteiger partial charge in [-0.3, -0.25) is 14.3 Å². The van der Waals surface area contributed by atoms with Gasteiger partial charge in [0.1, 0.15) is 5.69 Å². The van der Waals surface area contributed by atoms with Crippen molar-refractivity contribution in [1.82, 2.24) is 14.7 Å². The van der Waals surface area contributed by atoms with Crippen LogP contribution in [0.4, 0.5) is 13.2 Å². The van der Waals surface area contributed by atoms with E-state index >= 15 is 0 Å². The zero-order valence-corrected chi connectivity index (χ0v) is 14.9. The number of alkyl halides is 3. The monoisotopic (exact) mass is 370 g/mol. The predicted octanol–water partition coefficient (Wildman–Crippen LogP) is 2.11. The highest BCUT2D eigenvalue weighted by Crippen LogP contribution is 2.47. The van der Waals surface area contributed by atoms with Gasteiger partial charge in [0.2, 0.25) is 0 Å². The largest absolute Gasteiger partial charge is 0.435 e. The van der Waals surface area contributed by atoms with E-state index in [1.807, 2.05) is 13.8 Å². The Kier molecular flexibility index (Phi) is 3.97. The molecule has 1 amide bonds. The molecule has 0 aromatic carbocycles. The number of likely N-dealkylation sites (tertiary alicyclic amines) is 1. The van der Waals surface area contributed by atoms with Gasteiger partial charge < -0.3 is 10.6 Å². The van der Waals surface area contributed by atoms with Crippen molar-refractivity contribution in [2.24, 2.45) is 23.6 Å². The van der Waals surface area contributed by atoms with Crippen molar-refractivity contribution in [2.75, 3.05) is 13.1 Å². The van der Waals surface area contributed by atoms with E-state index in [0.717, 1.165) is 10.7 Å². The first-order valence-electron chi connectivity index (χ1n) is 8.28. The van der Waals surface area contributed by atoms with Gasteiger partial charge in [-0.15, -0.1) is 0 Å². The molecule has 142 valence electrons. The number of nitrogens with zero attached hydrogens (tertiary/aromatic N) is 3. The number of hydrogen-bond donors (Lipinski definition) is 1. The molecule has 2 N–H and O–H groups in total. The summed E-state index contributed by atoms with van der Waals surface area (Å²) in [5, 5.41) is 3.39. The van der Waals surface area contributed by atoms with Crippen LogP contribution in [0, 0.1) is 10.8 Å². The van der Waals surface area contributed by atoms with Crippen LogP contribution < -0.4 is 5.73 Å². The molecule has 1 aromatic heterocycles. The summed E-state index contributed by atoms with van der Waals surface area (Å²) in [4.78, 5) is 26.4. The molecular weight excluding hydrogens is 349 g/mol. The molecule has 9 heteroatoms. The first-order chi connectivity index (χ1) is 11.8. The molecule has 2 aliphatic rings. The lowest BCUT2D eigenvalue weighted by molar-refractivity contribution is -0.141. The number of carbonyl (C=O) groups is 2. The Bertz CT molecular complexity index is 809. The van der Waals surface area contributed by atoms with Crippen LogP contribution in [0.3, 0.4) is 0 Å². The number of amides is 1. The molecule has 26 heavy (non-hydrogen) atoms. The Balaban J connectivity index is 1.85. The van der Waals surface area contributed by atoms with Crippen molar-refractivity contribution in [3.8, 4) is 0 Å². The predicted molar refractivity (Wildman–Crippen MR) is 86.8 cm³/mol. The molecule has 1 saturated heterocycles. The van der Waals surface area contributed by atoms with Gasteiger partial charge in [-0.1, -0.05) is 13.8 Å². The average Bonchev–Trinajstić information content (AvgIpc) is 3.08. The zero-order chi connectivity index (χ0) is 19.5. The van der Waals surface area contributed by atoms with E-state index in [2.05, 4.69) is 5.10 Å². The fraction of sp³-hybridized carbons (Fsp3) is 0.588. The highest BCUT2D eigenvalue weighted by Gasteiger charge is 2.48. The van der Waals surface area contributed by atoms with E-state index < -0.39 is 28.6 Å². The lowest BCUT2D eigenvalue weighted by atomic mass is 9.65. The Morgan fingerprint density at radius 1 is 1.35 bits per heavy atom. The highest BCUT2D eigenvalue weighted by atomic mass is 19.4. The SMILES string of the molecule is Cn1nc(C(F)(F)F)cc1C(=O)N1CC[C@]2(C=C(N)C(=O)C(C)(C)C2)C1. The van der Waals surface area contributed by atoms with Crippen molar-refractivity contribution >= 4 is 11.7 Å². The maximum Gasteiger partial charge on any atom is 0.435 e. The maximum atomic E-state index is 12.8. The molecule has 1 aliphatic heterocycles. The summed E-state index contributed by atoms with van der Waals surface area (Å²) >= 11 is 0. The van der Waals surface area contributed by atoms with Crippen LogP contribution in [-0.2, 0) is 18.0 Å². The molecule has 0 unspecified atom stereocenters. The molecule has 1 fully saturated rings. The number of nitrogens with two attached hydrogens (primary N) is 1. The Hall–Kier alpha value is -2.32. The Morgan fingerprint density at radius 2 is 2.00 bits per heavy atom. The van der Waals surface area contributed by atoms with Gasteiger partial charge in [-0.25, -0.2) is 0 Å². The summed E-state index contributed by atoms with van der Waals surface area (Å²) in [6.07, 6.45) is -1.73. The van der Waals surface area contributed by atoms with Crippen molar-refractivity contribution in [3.05, 3.63) is 29.2 Å². The molecule has 1 aliphatic carbocycles. The molecule has 1 spiro atoms. The number of allylic oxidation sites excluding steroid dienone is 1. The number of aromatic nitrogens is 2. The molecule has 0 saturated carbocycles. The van der Waals surface area contributed by atoms with Gasteiger partial charge in [-0.05, 0) is 18.9 Å². The lowest BCUT2D eigenvalue weighted by Gasteiger charge is -2.39. The second-order valence-corrected chi connectivity index (χ2v) is 7.86. The Labute approximate surface area is 148 Å². The normalized spacial score (nSPS) is 25.7. The van der Waals surface area contributed by atoms with Gasteiger partial charge in [0, 0.05) is 37.0 Å². The number of halogens is 3. The number of rotatable bonds is 1. The third-order valence-corrected chi connectivity index (χ3v) is 5.19. The zero-order valence-electron chi connectivity index (χ0n) is 14.9. The summed E-state index contributed by atoms with van der Waals surface area (Å²) in [5.41, 5.74) is 3.81. The molecule has 0 bridgehead atoms. The number of carbonyl (C=O) groups excluding carboxylic acids is 2. The van der Waals surface area contributed by atoms with Crippen molar-refractivity contribution in [3.63, 3.8) is 0 Å². The molecule has 0 radical (unpaired) electrons. The minimum absolute atomic E-state index is 0.113. The van der Waals surface area contributed by atoms with E-state index in [4.69, 9.17) is 5.73 Å². The van der Waals surface area contributed by atoms with Crippen molar-refractivity contribution in [1.29, 1.82) is 0 Å². The van der Waals surface area contributed by atoms with E-state index in [1.54, 1.807) is 6.08 Å². The van der Waals surface area contributed by atoms with Gasteiger partial charge in [-0.2, -0.15) is 18.3 Å². The number of aryl methyl sites for hydroxylation is 1. The maximum absolute atomic E-state index is 12.8. The summed E-state index contributed by atoms with van der Waals surface area (Å²) < 4.78 is 39.4. The van der Waals surface area contributed by atoms with E-state index in [-0.39, 0.29) is 17.2 Å². The summed E-state index contributed by atoms with van der Waals surface area (Å²) in [6.45, 7) is 4.34. The minimum atomic E-state index is -4.60. The highest BCUT2D eigenvalue weighted by molar-refractivity contribution is 5.99. The molecule has 1 aromatic rings. The molecule has 6 nitrogen and oxygen atoms in total. The summed E-state index contributed by atoms with van der Waals surface area (Å²) in [5.74, 6) is -0.622. The summed E-state index contributed by atoms with van der Waals surface area (Å²) in [7, 11) is 1.31. The van der Waals surface area contributed by atoms with Gasteiger partial charge in [0.15, 0.2) is 11.5 Å². The molecule has 1 atom stereocenters. The number of hydrogen-bond acceptors (Lipinski definition) is 4. The second kappa shape index (κ2) is 5.59. The van der Waals surface area contributed by atoms with E-state index in [9.17, 15) is 22.8 Å². The molecular formula is C17H21F3N4O2. The lowest BCUT2D eigenvalue weighted by Crippen LogP contribution is -2.42. The minimum Gasteiger partial charge on any atom is -0.396 e. The molecule has 2 heterocycles. The summed E-state index contributed by atoms with van der Waals surface area (Å²) in [6, 6.07) is 0.770.